The highest BCUT2D eigenvalue weighted by Gasteiger charge is 2.31. The standard InChI is InChI=1S/C16H16N2O2S/c1-20-14-8-7-13(11-17-14)15(19)18-9-10-21-16(18)12-5-3-2-4-6-12/h2-8,11,16H,9-10H2,1H3. The number of ether oxygens (including phenoxy) is 1. The van der Waals surface area contributed by atoms with Crippen molar-refractivity contribution in [1.29, 1.82) is 0 Å². The molecule has 3 rings (SSSR count). The van der Waals surface area contributed by atoms with E-state index in [1.54, 1.807) is 37.2 Å². The molecule has 21 heavy (non-hydrogen) atoms. The number of amides is 1. The molecule has 1 unspecified atom stereocenters. The van der Waals surface area contributed by atoms with Crippen molar-refractivity contribution in [3.8, 4) is 5.88 Å². The van der Waals surface area contributed by atoms with Crippen molar-refractivity contribution in [2.24, 2.45) is 0 Å². The Labute approximate surface area is 128 Å². The predicted molar refractivity (Wildman–Crippen MR) is 83.5 cm³/mol. The molecular formula is C16H16N2O2S. The maximum Gasteiger partial charge on any atom is 0.256 e. The fourth-order valence-electron chi connectivity index (χ4n) is 2.37. The highest BCUT2D eigenvalue weighted by molar-refractivity contribution is 7.99. The average molecular weight is 300 g/mol. The molecule has 2 heterocycles. The lowest BCUT2D eigenvalue weighted by molar-refractivity contribution is 0.0760. The van der Waals surface area contributed by atoms with Gasteiger partial charge in [-0.05, 0) is 11.6 Å². The molecule has 1 atom stereocenters. The Morgan fingerprint density at radius 1 is 1.29 bits per heavy atom. The number of nitrogens with zero attached hydrogens (tertiary/aromatic N) is 2. The fourth-order valence-corrected chi connectivity index (χ4v) is 3.62. The Balaban J connectivity index is 1.82. The number of thioether (sulfide) groups is 1. The van der Waals surface area contributed by atoms with Gasteiger partial charge in [-0.1, -0.05) is 30.3 Å². The lowest BCUT2D eigenvalue weighted by Crippen LogP contribution is -2.30. The summed E-state index contributed by atoms with van der Waals surface area (Å²) in [5, 5.41) is 0.0841. The minimum atomic E-state index is 0.0176. The number of benzene rings is 1. The summed E-state index contributed by atoms with van der Waals surface area (Å²) in [5.41, 5.74) is 1.76. The number of methoxy groups -OCH3 is 1. The van der Waals surface area contributed by atoms with Gasteiger partial charge in [0.15, 0.2) is 0 Å². The zero-order valence-electron chi connectivity index (χ0n) is 11.7. The quantitative estimate of drug-likeness (QED) is 0.874. The number of rotatable bonds is 3. The highest BCUT2D eigenvalue weighted by Crippen LogP contribution is 2.38. The first kappa shape index (κ1) is 13.9. The van der Waals surface area contributed by atoms with Crippen LogP contribution in [0.15, 0.2) is 48.7 Å². The zero-order valence-corrected chi connectivity index (χ0v) is 12.5. The molecule has 0 N–H and O–H groups in total. The van der Waals surface area contributed by atoms with Gasteiger partial charge in [-0.3, -0.25) is 4.79 Å². The largest absolute Gasteiger partial charge is 0.481 e. The highest BCUT2D eigenvalue weighted by atomic mass is 32.2. The van der Waals surface area contributed by atoms with Crippen molar-refractivity contribution in [1.82, 2.24) is 9.88 Å². The van der Waals surface area contributed by atoms with Crippen molar-refractivity contribution in [2.45, 2.75) is 5.37 Å². The predicted octanol–water partition coefficient (Wildman–Crippen LogP) is 2.98. The Morgan fingerprint density at radius 3 is 2.76 bits per heavy atom. The summed E-state index contributed by atoms with van der Waals surface area (Å²) in [4.78, 5) is 18.7. The third-order valence-electron chi connectivity index (χ3n) is 3.43. The minimum absolute atomic E-state index is 0.0176. The SMILES string of the molecule is COc1ccc(C(=O)N2CCSC2c2ccccc2)cn1. The van der Waals surface area contributed by atoms with E-state index in [0.29, 0.717) is 11.4 Å². The molecule has 1 aromatic carbocycles. The smallest absolute Gasteiger partial charge is 0.256 e. The van der Waals surface area contributed by atoms with Crippen molar-refractivity contribution in [3.63, 3.8) is 0 Å². The molecule has 108 valence electrons. The van der Waals surface area contributed by atoms with Gasteiger partial charge in [-0.25, -0.2) is 4.98 Å². The summed E-state index contributed by atoms with van der Waals surface area (Å²) < 4.78 is 5.02. The molecule has 0 radical (unpaired) electrons. The van der Waals surface area contributed by atoms with Crippen LogP contribution in [0.2, 0.25) is 0 Å². The molecule has 0 saturated carbocycles. The summed E-state index contributed by atoms with van der Waals surface area (Å²) in [6, 6.07) is 13.6. The summed E-state index contributed by atoms with van der Waals surface area (Å²) in [6.07, 6.45) is 1.58. The minimum Gasteiger partial charge on any atom is -0.481 e. The van der Waals surface area contributed by atoms with E-state index in [4.69, 9.17) is 4.74 Å². The van der Waals surface area contributed by atoms with Gasteiger partial charge < -0.3 is 9.64 Å². The molecule has 1 amide bonds. The van der Waals surface area contributed by atoms with Gasteiger partial charge in [-0.15, -0.1) is 11.8 Å². The van der Waals surface area contributed by atoms with Crippen LogP contribution in [-0.2, 0) is 0 Å². The number of aromatic nitrogens is 1. The van der Waals surface area contributed by atoms with Gasteiger partial charge in [0.2, 0.25) is 5.88 Å². The fraction of sp³-hybridized carbons (Fsp3) is 0.250. The van der Waals surface area contributed by atoms with Gasteiger partial charge >= 0.3 is 0 Å². The number of pyridine rings is 1. The van der Waals surface area contributed by atoms with Gasteiger partial charge in [0.05, 0.1) is 12.7 Å². The molecule has 4 nitrogen and oxygen atoms in total. The second-order valence-corrected chi connectivity index (χ2v) is 5.91. The van der Waals surface area contributed by atoms with Gasteiger partial charge in [0.25, 0.3) is 5.91 Å². The van der Waals surface area contributed by atoms with Crippen molar-refractivity contribution in [2.75, 3.05) is 19.4 Å². The Bertz CT molecular complexity index is 616. The van der Waals surface area contributed by atoms with Crippen LogP contribution in [0.4, 0.5) is 0 Å². The number of hydrogen-bond acceptors (Lipinski definition) is 4. The summed E-state index contributed by atoms with van der Waals surface area (Å²) in [5.74, 6) is 1.49. The van der Waals surface area contributed by atoms with Crippen LogP contribution in [0, 0.1) is 0 Å². The lowest BCUT2D eigenvalue weighted by Gasteiger charge is -2.24. The molecular weight excluding hydrogens is 284 g/mol. The van der Waals surface area contributed by atoms with Crippen molar-refractivity contribution in [3.05, 3.63) is 59.8 Å². The third kappa shape index (κ3) is 2.88. The van der Waals surface area contributed by atoms with E-state index in [-0.39, 0.29) is 11.3 Å². The van der Waals surface area contributed by atoms with Crippen LogP contribution in [0.25, 0.3) is 0 Å². The first-order chi connectivity index (χ1) is 10.3. The summed E-state index contributed by atoms with van der Waals surface area (Å²) >= 11 is 1.79. The van der Waals surface area contributed by atoms with Crippen LogP contribution in [0.5, 0.6) is 5.88 Å². The Morgan fingerprint density at radius 2 is 2.10 bits per heavy atom. The van der Waals surface area contributed by atoms with Crippen LogP contribution >= 0.6 is 11.8 Å². The molecule has 1 aliphatic rings. The molecule has 0 bridgehead atoms. The van der Waals surface area contributed by atoms with Gasteiger partial charge in [0, 0.05) is 24.6 Å². The number of carbonyl (C=O) groups is 1. The maximum atomic E-state index is 12.7. The van der Waals surface area contributed by atoms with Crippen LogP contribution in [0.1, 0.15) is 21.3 Å². The van der Waals surface area contributed by atoms with E-state index in [1.165, 1.54) is 0 Å². The lowest BCUT2D eigenvalue weighted by atomic mass is 10.2. The van der Waals surface area contributed by atoms with Crippen molar-refractivity contribution < 1.29 is 9.53 Å². The topological polar surface area (TPSA) is 42.4 Å². The van der Waals surface area contributed by atoms with E-state index in [0.717, 1.165) is 17.9 Å². The Kier molecular flexibility index (Phi) is 4.10. The van der Waals surface area contributed by atoms with E-state index in [2.05, 4.69) is 17.1 Å². The monoisotopic (exact) mass is 300 g/mol. The maximum absolute atomic E-state index is 12.7. The third-order valence-corrected chi connectivity index (χ3v) is 4.69. The first-order valence-electron chi connectivity index (χ1n) is 6.77. The van der Waals surface area contributed by atoms with Gasteiger partial charge in [0.1, 0.15) is 5.37 Å². The summed E-state index contributed by atoms with van der Waals surface area (Å²) in [7, 11) is 1.56. The second-order valence-electron chi connectivity index (χ2n) is 4.72. The zero-order chi connectivity index (χ0) is 14.7. The van der Waals surface area contributed by atoms with E-state index < -0.39 is 0 Å². The molecule has 1 aliphatic heterocycles. The molecule has 1 fully saturated rings. The van der Waals surface area contributed by atoms with Crippen LogP contribution in [-0.4, -0.2) is 35.2 Å². The molecule has 5 heteroatoms. The Hall–Kier alpha value is -2.01. The molecule has 2 aromatic rings. The van der Waals surface area contributed by atoms with Gasteiger partial charge in [-0.2, -0.15) is 0 Å². The van der Waals surface area contributed by atoms with Crippen LogP contribution < -0.4 is 4.74 Å². The van der Waals surface area contributed by atoms with Crippen molar-refractivity contribution >= 4 is 17.7 Å². The normalized spacial score (nSPS) is 17.8. The number of hydrogen-bond donors (Lipinski definition) is 0. The van der Waals surface area contributed by atoms with E-state index >= 15 is 0 Å². The van der Waals surface area contributed by atoms with Crippen LogP contribution in [0.3, 0.4) is 0 Å². The number of carbonyl (C=O) groups excluding carboxylic acids is 1. The molecule has 0 spiro atoms. The first-order valence-corrected chi connectivity index (χ1v) is 7.82. The summed E-state index contributed by atoms with van der Waals surface area (Å²) in [6.45, 7) is 0.759. The second kappa shape index (κ2) is 6.18. The molecule has 0 aliphatic carbocycles. The average Bonchev–Trinajstić information content (AvgIpc) is 3.04. The van der Waals surface area contributed by atoms with E-state index in [1.807, 2.05) is 23.1 Å². The van der Waals surface area contributed by atoms with E-state index in [9.17, 15) is 4.79 Å². The molecule has 1 aromatic heterocycles. The molecule has 1 saturated heterocycles.